The van der Waals surface area contributed by atoms with E-state index in [1.165, 1.54) is 0 Å². The molecule has 2 aliphatic carbocycles. The van der Waals surface area contributed by atoms with Crippen LogP contribution in [0.2, 0.25) is 0 Å². The highest BCUT2D eigenvalue weighted by molar-refractivity contribution is 5.25. The fraction of sp³-hybridized carbons (Fsp3) is 0.500. The summed E-state index contributed by atoms with van der Waals surface area (Å²) in [5.41, 5.74) is -0.727. The molecule has 0 saturated heterocycles. The van der Waals surface area contributed by atoms with E-state index in [2.05, 4.69) is 0 Å². The third-order valence-electron chi connectivity index (χ3n) is 2.68. The van der Waals surface area contributed by atoms with Crippen LogP contribution in [-0.4, -0.2) is 10.5 Å². The minimum atomic E-state index is -0.727. The average Bonchev–Trinajstić information content (AvgIpc) is 1.91. The largest absolute Gasteiger partial charge is 0.264 e. The van der Waals surface area contributed by atoms with Crippen LogP contribution in [0, 0.1) is 16.0 Å². The summed E-state index contributed by atoms with van der Waals surface area (Å²) in [5.74, 6) is 0.155. The zero-order valence-corrected chi connectivity index (χ0v) is 6.06. The van der Waals surface area contributed by atoms with Gasteiger partial charge in [0.2, 0.25) is 5.54 Å². The number of nitro groups is 1. The van der Waals surface area contributed by atoms with E-state index in [4.69, 9.17) is 0 Å². The fourth-order valence-corrected chi connectivity index (χ4v) is 1.78. The smallest absolute Gasteiger partial charge is 0.246 e. The molecule has 3 heteroatoms. The summed E-state index contributed by atoms with van der Waals surface area (Å²) < 4.78 is 0. The van der Waals surface area contributed by atoms with Gasteiger partial charge in [0.25, 0.3) is 0 Å². The Hall–Kier alpha value is -1.12. The van der Waals surface area contributed by atoms with Crippen molar-refractivity contribution >= 4 is 0 Å². The maximum Gasteiger partial charge on any atom is 0.246 e. The van der Waals surface area contributed by atoms with Crippen LogP contribution in [-0.2, 0) is 0 Å². The molecule has 2 unspecified atom stereocenters. The molecule has 2 atom stereocenters. The van der Waals surface area contributed by atoms with Gasteiger partial charge in [0, 0.05) is 11.3 Å². The number of nitrogens with zero attached hydrogens (tertiary/aromatic N) is 1. The van der Waals surface area contributed by atoms with Gasteiger partial charge in [-0.1, -0.05) is 18.2 Å². The van der Waals surface area contributed by atoms with Crippen molar-refractivity contribution in [2.75, 3.05) is 0 Å². The summed E-state index contributed by atoms with van der Waals surface area (Å²) in [6.45, 7) is 0. The minimum Gasteiger partial charge on any atom is -0.264 e. The lowest BCUT2D eigenvalue weighted by Crippen LogP contribution is -2.51. The molecule has 1 fully saturated rings. The van der Waals surface area contributed by atoms with E-state index in [0.29, 0.717) is 6.42 Å². The van der Waals surface area contributed by atoms with Gasteiger partial charge in [-0.15, -0.1) is 0 Å². The SMILES string of the molecule is O=[N+]([O-])C12C=CC=CC1CC2. The first kappa shape index (κ1) is 6.58. The molecule has 1 saturated carbocycles. The molecule has 3 nitrogen and oxygen atoms in total. The van der Waals surface area contributed by atoms with Gasteiger partial charge in [0.15, 0.2) is 0 Å². The fourth-order valence-electron chi connectivity index (χ4n) is 1.78. The molecule has 0 radical (unpaired) electrons. The van der Waals surface area contributed by atoms with Gasteiger partial charge in [-0.05, 0) is 12.5 Å². The zero-order valence-electron chi connectivity index (χ0n) is 6.06. The van der Waals surface area contributed by atoms with E-state index in [1.807, 2.05) is 12.2 Å². The summed E-state index contributed by atoms with van der Waals surface area (Å²) >= 11 is 0. The van der Waals surface area contributed by atoms with Gasteiger partial charge >= 0.3 is 0 Å². The Kier molecular flexibility index (Phi) is 1.16. The maximum atomic E-state index is 10.7. The Morgan fingerprint density at radius 1 is 1.55 bits per heavy atom. The Bertz CT molecular complexity index is 257. The number of hydrogen-bond donors (Lipinski definition) is 0. The molecule has 0 aromatic rings. The van der Waals surface area contributed by atoms with E-state index in [9.17, 15) is 10.1 Å². The summed E-state index contributed by atoms with van der Waals surface area (Å²) in [7, 11) is 0. The predicted molar refractivity (Wildman–Crippen MR) is 40.7 cm³/mol. The number of allylic oxidation sites excluding steroid dienone is 2. The quantitative estimate of drug-likeness (QED) is 0.421. The lowest BCUT2D eigenvalue weighted by Gasteiger charge is -2.39. The van der Waals surface area contributed by atoms with Gasteiger partial charge in [-0.25, -0.2) is 0 Å². The molecular formula is C8H9NO2. The predicted octanol–water partition coefficient (Wildman–Crippen LogP) is 1.54. The summed E-state index contributed by atoms with van der Waals surface area (Å²) in [4.78, 5) is 10.5. The van der Waals surface area contributed by atoms with Crippen molar-refractivity contribution in [3.63, 3.8) is 0 Å². The summed E-state index contributed by atoms with van der Waals surface area (Å²) in [6.07, 6.45) is 8.99. The van der Waals surface area contributed by atoms with E-state index in [1.54, 1.807) is 12.2 Å². The lowest BCUT2D eigenvalue weighted by molar-refractivity contribution is -0.579. The van der Waals surface area contributed by atoms with Crippen molar-refractivity contribution in [1.82, 2.24) is 0 Å². The molecule has 0 heterocycles. The van der Waals surface area contributed by atoms with Crippen molar-refractivity contribution in [3.8, 4) is 0 Å². The topological polar surface area (TPSA) is 43.1 Å². The van der Waals surface area contributed by atoms with Gasteiger partial charge in [-0.2, -0.15) is 0 Å². The Morgan fingerprint density at radius 3 is 2.73 bits per heavy atom. The zero-order chi connectivity index (χ0) is 7.90. The molecule has 0 N–H and O–H groups in total. The van der Waals surface area contributed by atoms with Crippen LogP contribution in [0.4, 0.5) is 0 Å². The molecule has 0 amide bonds. The Morgan fingerprint density at radius 2 is 2.36 bits per heavy atom. The standard InChI is InChI=1S/C8H9NO2/c10-9(11)8-5-2-1-3-7(8)4-6-8/h1-3,5,7H,4,6H2. The second-order valence-electron chi connectivity index (χ2n) is 3.14. The second-order valence-corrected chi connectivity index (χ2v) is 3.14. The lowest BCUT2D eigenvalue weighted by atomic mass is 9.65. The number of fused-ring (bicyclic) bond motifs is 1. The van der Waals surface area contributed by atoms with Crippen molar-refractivity contribution in [1.29, 1.82) is 0 Å². The van der Waals surface area contributed by atoms with Gasteiger partial charge < -0.3 is 0 Å². The minimum absolute atomic E-state index is 0.152. The highest BCUT2D eigenvalue weighted by atomic mass is 16.6. The maximum absolute atomic E-state index is 10.7. The third kappa shape index (κ3) is 0.679. The first-order valence-electron chi connectivity index (χ1n) is 3.76. The molecule has 11 heavy (non-hydrogen) atoms. The van der Waals surface area contributed by atoms with E-state index >= 15 is 0 Å². The second kappa shape index (κ2) is 1.94. The summed E-state index contributed by atoms with van der Waals surface area (Å²) in [5, 5.41) is 10.7. The van der Waals surface area contributed by atoms with Crippen LogP contribution in [0.3, 0.4) is 0 Å². The van der Waals surface area contributed by atoms with Crippen LogP contribution < -0.4 is 0 Å². The molecular weight excluding hydrogens is 142 g/mol. The molecule has 0 aromatic carbocycles. The van der Waals surface area contributed by atoms with Crippen molar-refractivity contribution < 1.29 is 4.92 Å². The first-order chi connectivity index (χ1) is 5.26. The van der Waals surface area contributed by atoms with Gasteiger partial charge in [0.05, 0.1) is 5.92 Å². The molecule has 0 aliphatic heterocycles. The van der Waals surface area contributed by atoms with E-state index in [0.717, 1.165) is 6.42 Å². The highest BCUT2D eigenvalue weighted by Gasteiger charge is 2.55. The highest BCUT2D eigenvalue weighted by Crippen LogP contribution is 2.44. The monoisotopic (exact) mass is 151 g/mol. The van der Waals surface area contributed by atoms with Crippen LogP contribution >= 0.6 is 0 Å². The van der Waals surface area contributed by atoms with E-state index < -0.39 is 5.54 Å². The Labute approximate surface area is 64.6 Å². The molecule has 0 aromatic heterocycles. The van der Waals surface area contributed by atoms with E-state index in [-0.39, 0.29) is 10.8 Å². The van der Waals surface area contributed by atoms with Gasteiger partial charge in [0.1, 0.15) is 0 Å². The average molecular weight is 151 g/mol. The normalized spacial score (nSPS) is 39.5. The molecule has 58 valence electrons. The number of hydrogen-bond acceptors (Lipinski definition) is 2. The van der Waals surface area contributed by atoms with Gasteiger partial charge in [-0.3, -0.25) is 10.1 Å². The van der Waals surface area contributed by atoms with Crippen molar-refractivity contribution in [2.24, 2.45) is 5.92 Å². The number of rotatable bonds is 1. The molecule has 2 aliphatic rings. The third-order valence-corrected chi connectivity index (χ3v) is 2.68. The summed E-state index contributed by atoms with van der Waals surface area (Å²) in [6, 6.07) is 0. The van der Waals surface area contributed by atoms with Crippen LogP contribution in [0.25, 0.3) is 0 Å². The Balaban J connectivity index is 2.32. The molecule has 0 bridgehead atoms. The molecule has 0 spiro atoms. The van der Waals surface area contributed by atoms with Crippen LogP contribution in [0.1, 0.15) is 12.8 Å². The van der Waals surface area contributed by atoms with Crippen LogP contribution in [0.15, 0.2) is 24.3 Å². The van der Waals surface area contributed by atoms with Crippen molar-refractivity contribution in [2.45, 2.75) is 18.4 Å². The van der Waals surface area contributed by atoms with Crippen molar-refractivity contribution in [3.05, 3.63) is 34.4 Å². The molecule has 2 rings (SSSR count). The first-order valence-corrected chi connectivity index (χ1v) is 3.76. The van der Waals surface area contributed by atoms with Crippen LogP contribution in [0.5, 0.6) is 0 Å².